The largest absolute Gasteiger partial charge is 0.465 e. The SMILES string of the molecule is COC(=O)c1cc(-c2ccccc2)sc1NC(=S)N1C(C)CCCC1C. The Morgan fingerprint density at radius 3 is 2.50 bits per heavy atom. The molecule has 26 heavy (non-hydrogen) atoms. The second-order valence-corrected chi connectivity index (χ2v) is 8.12. The molecule has 1 fully saturated rings. The average molecular weight is 389 g/mol. The maximum Gasteiger partial charge on any atom is 0.340 e. The van der Waals surface area contributed by atoms with E-state index in [-0.39, 0.29) is 5.97 Å². The zero-order chi connectivity index (χ0) is 18.7. The molecule has 0 bridgehead atoms. The van der Waals surface area contributed by atoms with Crippen molar-refractivity contribution in [3.05, 3.63) is 42.0 Å². The molecular formula is C20H24N2O2S2. The number of rotatable bonds is 3. The third-order valence-corrected chi connectivity index (χ3v) is 6.26. The van der Waals surface area contributed by atoms with Crippen molar-refractivity contribution in [2.24, 2.45) is 0 Å². The molecule has 6 heteroatoms. The summed E-state index contributed by atoms with van der Waals surface area (Å²) in [6, 6.07) is 12.7. The predicted molar refractivity (Wildman–Crippen MR) is 112 cm³/mol. The third-order valence-electron chi connectivity index (χ3n) is 4.84. The molecule has 0 amide bonds. The minimum absolute atomic E-state index is 0.353. The summed E-state index contributed by atoms with van der Waals surface area (Å²) in [5.74, 6) is -0.353. The molecule has 1 saturated heterocycles. The van der Waals surface area contributed by atoms with E-state index in [0.29, 0.717) is 22.8 Å². The van der Waals surface area contributed by atoms with Crippen LogP contribution in [0.15, 0.2) is 36.4 Å². The molecule has 1 aromatic heterocycles. The van der Waals surface area contributed by atoms with Crippen LogP contribution in [0.5, 0.6) is 0 Å². The monoisotopic (exact) mass is 388 g/mol. The number of nitrogens with one attached hydrogen (secondary N) is 1. The van der Waals surface area contributed by atoms with Gasteiger partial charge in [-0.05, 0) is 57.0 Å². The molecule has 2 unspecified atom stereocenters. The quantitative estimate of drug-likeness (QED) is 0.581. The van der Waals surface area contributed by atoms with Crippen LogP contribution in [-0.4, -0.2) is 35.2 Å². The van der Waals surface area contributed by atoms with Crippen molar-refractivity contribution in [3.63, 3.8) is 0 Å². The van der Waals surface area contributed by atoms with Crippen molar-refractivity contribution in [3.8, 4) is 10.4 Å². The lowest BCUT2D eigenvalue weighted by molar-refractivity contribution is 0.0602. The number of ether oxygens (including phenoxy) is 1. The molecule has 0 radical (unpaired) electrons. The van der Waals surface area contributed by atoms with Crippen LogP contribution in [-0.2, 0) is 4.74 Å². The topological polar surface area (TPSA) is 41.6 Å². The van der Waals surface area contributed by atoms with Gasteiger partial charge >= 0.3 is 5.97 Å². The summed E-state index contributed by atoms with van der Waals surface area (Å²) in [6.45, 7) is 4.41. The van der Waals surface area contributed by atoms with Crippen molar-refractivity contribution in [2.45, 2.75) is 45.2 Å². The first-order chi connectivity index (χ1) is 12.5. The zero-order valence-corrected chi connectivity index (χ0v) is 17.0. The van der Waals surface area contributed by atoms with E-state index in [4.69, 9.17) is 17.0 Å². The van der Waals surface area contributed by atoms with Crippen molar-refractivity contribution in [2.75, 3.05) is 12.4 Å². The smallest absolute Gasteiger partial charge is 0.340 e. The molecule has 1 aliphatic heterocycles. The number of thiocarbonyl (C=S) groups is 1. The molecule has 1 aromatic carbocycles. The first-order valence-electron chi connectivity index (χ1n) is 8.88. The first-order valence-corrected chi connectivity index (χ1v) is 10.1. The maximum absolute atomic E-state index is 12.3. The summed E-state index contributed by atoms with van der Waals surface area (Å²) in [5.41, 5.74) is 1.59. The molecule has 0 aliphatic carbocycles. The van der Waals surface area contributed by atoms with Gasteiger partial charge in [0, 0.05) is 17.0 Å². The van der Waals surface area contributed by atoms with Gasteiger partial charge in [-0.3, -0.25) is 0 Å². The van der Waals surface area contributed by atoms with Crippen LogP contribution in [0.2, 0.25) is 0 Å². The first kappa shape index (κ1) is 18.9. The lowest BCUT2D eigenvalue weighted by Crippen LogP contribution is -2.49. The standard InChI is InChI=1S/C20H24N2O2S2/c1-13-8-7-9-14(2)22(13)20(25)21-18-16(19(23)24-3)12-17(26-18)15-10-5-4-6-11-15/h4-6,10-14H,7-9H2,1-3H3,(H,21,25). The van der Waals surface area contributed by atoms with Crippen LogP contribution >= 0.6 is 23.6 Å². The van der Waals surface area contributed by atoms with Gasteiger partial charge in [0.1, 0.15) is 5.00 Å². The Labute approximate surface area is 164 Å². The van der Waals surface area contributed by atoms with E-state index in [1.54, 1.807) is 0 Å². The summed E-state index contributed by atoms with van der Waals surface area (Å²) < 4.78 is 4.97. The minimum Gasteiger partial charge on any atom is -0.465 e. The number of methoxy groups -OCH3 is 1. The number of hydrogen-bond donors (Lipinski definition) is 1. The Morgan fingerprint density at radius 2 is 1.88 bits per heavy atom. The second kappa shape index (κ2) is 8.18. The van der Waals surface area contributed by atoms with Crippen LogP contribution < -0.4 is 5.32 Å². The van der Waals surface area contributed by atoms with Crippen molar-refractivity contribution >= 4 is 39.6 Å². The van der Waals surface area contributed by atoms with Crippen LogP contribution in [0, 0.1) is 0 Å². The summed E-state index contributed by atoms with van der Waals surface area (Å²) in [5, 5.41) is 4.74. The summed E-state index contributed by atoms with van der Waals surface area (Å²) in [6.07, 6.45) is 3.50. The zero-order valence-electron chi connectivity index (χ0n) is 15.3. The van der Waals surface area contributed by atoms with Crippen molar-refractivity contribution in [1.29, 1.82) is 0 Å². The Hall–Kier alpha value is -1.92. The number of likely N-dealkylation sites (tertiary alicyclic amines) is 1. The molecule has 1 N–H and O–H groups in total. The van der Waals surface area contributed by atoms with Crippen molar-refractivity contribution in [1.82, 2.24) is 4.90 Å². The molecule has 1 aliphatic rings. The number of carbonyl (C=O) groups is 1. The number of benzene rings is 1. The molecule has 2 heterocycles. The van der Waals surface area contributed by atoms with Gasteiger partial charge in [-0.2, -0.15) is 0 Å². The molecular weight excluding hydrogens is 364 g/mol. The van der Waals surface area contributed by atoms with Gasteiger partial charge in [0.15, 0.2) is 5.11 Å². The second-order valence-electron chi connectivity index (χ2n) is 6.68. The number of piperidine rings is 1. The lowest BCUT2D eigenvalue weighted by Gasteiger charge is -2.40. The number of thiophene rings is 1. The minimum atomic E-state index is -0.353. The third kappa shape index (κ3) is 3.91. The fourth-order valence-electron chi connectivity index (χ4n) is 3.47. The highest BCUT2D eigenvalue weighted by Crippen LogP contribution is 2.36. The van der Waals surface area contributed by atoms with Crippen molar-refractivity contribution < 1.29 is 9.53 Å². The summed E-state index contributed by atoms with van der Waals surface area (Å²) >= 11 is 7.21. The Balaban J connectivity index is 1.89. The fourth-order valence-corrected chi connectivity index (χ4v) is 5.05. The van der Waals surface area contributed by atoms with Gasteiger partial charge in [-0.1, -0.05) is 30.3 Å². The number of nitrogens with zero attached hydrogens (tertiary/aromatic N) is 1. The van der Waals surface area contributed by atoms with E-state index < -0.39 is 0 Å². The average Bonchev–Trinajstić information content (AvgIpc) is 3.05. The molecule has 138 valence electrons. The highest BCUT2D eigenvalue weighted by atomic mass is 32.1. The molecule has 0 spiro atoms. The number of carbonyl (C=O) groups excluding carboxylic acids is 1. The van der Waals surface area contributed by atoms with Gasteiger partial charge in [-0.25, -0.2) is 4.79 Å². The van der Waals surface area contributed by atoms with Gasteiger partial charge in [-0.15, -0.1) is 11.3 Å². The van der Waals surface area contributed by atoms with E-state index in [1.165, 1.54) is 24.9 Å². The lowest BCUT2D eigenvalue weighted by atomic mass is 9.98. The highest BCUT2D eigenvalue weighted by Gasteiger charge is 2.28. The molecule has 4 nitrogen and oxygen atoms in total. The van der Waals surface area contributed by atoms with E-state index in [9.17, 15) is 4.79 Å². The van der Waals surface area contributed by atoms with Crippen LogP contribution in [0.3, 0.4) is 0 Å². The maximum atomic E-state index is 12.3. The van der Waals surface area contributed by atoms with Gasteiger partial charge in [0.25, 0.3) is 0 Å². The molecule has 2 atom stereocenters. The van der Waals surface area contributed by atoms with Gasteiger partial charge < -0.3 is 15.0 Å². The summed E-state index contributed by atoms with van der Waals surface area (Å²) in [4.78, 5) is 15.5. The Kier molecular flexibility index (Phi) is 5.94. The normalized spacial score (nSPS) is 19.9. The van der Waals surface area contributed by atoms with Gasteiger partial charge in [0.2, 0.25) is 0 Å². The van der Waals surface area contributed by atoms with E-state index in [0.717, 1.165) is 28.3 Å². The molecule has 2 aromatic rings. The van der Waals surface area contributed by atoms with Crippen LogP contribution in [0.4, 0.5) is 5.00 Å². The van der Waals surface area contributed by atoms with E-state index in [1.807, 2.05) is 36.4 Å². The van der Waals surface area contributed by atoms with Gasteiger partial charge in [0.05, 0.1) is 12.7 Å². The fraction of sp³-hybridized carbons (Fsp3) is 0.400. The molecule has 3 rings (SSSR count). The van der Waals surface area contributed by atoms with Crippen LogP contribution in [0.25, 0.3) is 10.4 Å². The Morgan fingerprint density at radius 1 is 1.23 bits per heavy atom. The summed E-state index contributed by atoms with van der Waals surface area (Å²) in [7, 11) is 1.40. The number of esters is 1. The predicted octanol–water partition coefficient (Wildman–Crippen LogP) is 5.16. The van der Waals surface area contributed by atoms with E-state index in [2.05, 4.69) is 24.1 Å². The van der Waals surface area contributed by atoms with Crippen LogP contribution in [0.1, 0.15) is 43.5 Å². The Bertz CT molecular complexity index is 778. The number of anilines is 1. The van der Waals surface area contributed by atoms with E-state index >= 15 is 0 Å². The molecule has 0 saturated carbocycles. The number of hydrogen-bond acceptors (Lipinski definition) is 4. The highest BCUT2D eigenvalue weighted by molar-refractivity contribution is 7.80.